The molecule has 2 N–H and O–H groups in total. The summed E-state index contributed by atoms with van der Waals surface area (Å²) in [5, 5.41) is 11.7. The fourth-order valence-corrected chi connectivity index (χ4v) is 0.452. The average Bonchev–Trinajstić information content (AvgIpc) is 2.15. The van der Waals surface area contributed by atoms with Crippen molar-refractivity contribution in [2.45, 2.75) is 6.92 Å². The molecule has 0 atom stereocenters. The third-order valence-corrected chi connectivity index (χ3v) is 1.06. The van der Waals surface area contributed by atoms with E-state index in [1.54, 1.807) is 13.0 Å². The molecule has 4 nitrogen and oxygen atoms in total. The zero-order valence-electron chi connectivity index (χ0n) is 4.88. The Hall–Kier alpha value is -1.50. The lowest BCUT2D eigenvalue weighted by Crippen LogP contribution is -1.85. The molecule has 1 heterocycles. The number of hydrogen-bond acceptors (Lipinski definition) is 4. The van der Waals surface area contributed by atoms with Gasteiger partial charge in [0.2, 0.25) is 5.76 Å². The first-order valence-corrected chi connectivity index (χ1v) is 2.37. The summed E-state index contributed by atoms with van der Waals surface area (Å²) in [7, 11) is 0. The number of hydrogen-bond donors (Lipinski definition) is 1. The summed E-state index contributed by atoms with van der Waals surface area (Å²) in [5.74, 6) is 0.471. The Labute approximate surface area is 51.9 Å². The number of nitrogens with two attached hydrogens (primary N) is 1. The first kappa shape index (κ1) is 5.63. The topological polar surface area (TPSA) is 75.8 Å². The van der Waals surface area contributed by atoms with Crippen LogP contribution in [0, 0.1) is 18.3 Å². The van der Waals surface area contributed by atoms with E-state index < -0.39 is 0 Å². The van der Waals surface area contributed by atoms with E-state index in [4.69, 9.17) is 11.0 Å². The van der Waals surface area contributed by atoms with Crippen LogP contribution in [0.15, 0.2) is 4.52 Å². The number of anilines is 1. The molecule has 46 valence electrons. The molecule has 1 rings (SSSR count). The molecule has 0 aliphatic heterocycles. The van der Waals surface area contributed by atoms with E-state index in [1.807, 2.05) is 0 Å². The summed E-state index contributed by atoms with van der Waals surface area (Å²) < 4.78 is 4.51. The maximum Gasteiger partial charge on any atom is 0.241 e. The smallest absolute Gasteiger partial charge is 0.241 e. The number of aromatic nitrogens is 1. The quantitative estimate of drug-likeness (QED) is 0.543. The molecule has 0 saturated heterocycles. The molecule has 0 fully saturated rings. The SMILES string of the molecule is Cc1c(N)noc1C#N. The summed E-state index contributed by atoms with van der Waals surface area (Å²) >= 11 is 0. The van der Waals surface area contributed by atoms with Crippen LogP contribution in [-0.2, 0) is 0 Å². The maximum atomic E-state index is 8.29. The van der Waals surface area contributed by atoms with Gasteiger partial charge in [0.05, 0.1) is 5.56 Å². The molecule has 0 bridgehead atoms. The molecule has 0 aliphatic rings. The highest BCUT2D eigenvalue weighted by Crippen LogP contribution is 2.11. The van der Waals surface area contributed by atoms with Gasteiger partial charge >= 0.3 is 0 Å². The van der Waals surface area contributed by atoms with E-state index in [9.17, 15) is 0 Å². The molecule has 0 saturated carbocycles. The molecular formula is C5H5N3O. The minimum absolute atomic E-state index is 0.188. The highest BCUT2D eigenvalue weighted by atomic mass is 16.5. The van der Waals surface area contributed by atoms with Crippen molar-refractivity contribution < 1.29 is 4.52 Å². The van der Waals surface area contributed by atoms with Gasteiger partial charge in [0, 0.05) is 0 Å². The van der Waals surface area contributed by atoms with E-state index in [1.165, 1.54) is 0 Å². The van der Waals surface area contributed by atoms with Gasteiger partial charge < -0.3 is 10.3 Å². The van der Waals surface area contributed by atoms with Gasteiger partial charge in [0.15, 0.2) is 5.82 Å². The molecule has 0 spiro atoms. The predicted molar refractivity (Wildman–Crippen MR) is 30.4 cm³/mol. The molecule has 0 amide bonds. The molecule has 1 aromatic heterocycles. The monoisotopic (exact) mass is 123 g/mol. The van der Waals surface area contributed by atoms with Crippen molar-refractivity contribution in [3.05, 3.63) is 11.3 Å². The van der Waals surface area contributed by atoms with Crippen LogP contribution in [0.1, 0.15) is 11.3 Å². The molecule has 0 unspecified atom stereocenters. The Balaban J connectivity index is 3.24. The molecule has 1 aromatic rings. The van der Waals surface area contributed by atoms with Crippen LogP contribution in [0.5, 0.6) is 0 Å². The van der Waals surface area contributed by atoms with Crippen LogP contribution in [0.2, 0.25) is 0 Å². The second kappa shape index (κ2) is 1.78. The van der Waals surface area contributed by atoms with Crippen molar-refractivity contribution in [1.29, 1.82) is 5.26 Å². The highest BCUT2D eigenvalue weighted by Gasteiger charge is 2.05. The molecule has 0 aliphatic carbocycles. The summed E-state index contributed by atoms with van der Waals surface area (Å²) in [4.78, 5) is 0. The van der Waals surface area contributed by atoms with Crippen LogP contribution in [0.25, 0.3) is 0 Å². The number of nitrogens with zero attached hydrogens (tertiary/aromatic N) is 2. The Morgan fingerprint density at radius 1 is 1.78 bits per heavy atom. The van der Waals surface area contributed by atoms with E-state index in [-0.39, 0.29) is 11.6 Å². The molecule has 4 heteroatoms. The van der Waals surface area contributed by atoms with E-state index in [0.717, 1.165) is 0 Å². The molecule has 0 aromatic carbocycles. The minimum Gasteiger partial charge on any atom is -0.381 e. The average molecular weight is 123 g/mol. The van der Waals surface area contributed by atoms with Crippen molar-refractivity contribution in [3.8, 4) is 6.07 Å². The van der Waals surface area contributed by atoms with Crippen molar-refractivity contribution in [2.24, 2.45) is 0 Å². The molecule has 0 radical (unpaired) electrons. The van der Waals surface area contributed by atoms with Crippen LogP contribution < -0.4 is 5.73 Å². The van der Waals surface area contributed by atoms with Crippen LogP contribution in [0.4, 0.5) is 5.82 Å². The van der Waals surface area contributed by atoms with E-state index in [0.29, 0.717) is 5.56 Å². The van der Waals surface area contributed by atoms with Crippen molar-refractivity contribution in [2.75, 3.05) is 5.73 Å². The van der Waals surface area contributed by atoms with Gasteiger partial charge in [-0.1, -0.05) is 5.16 Å². The highest BCUT2D eigenvalue weighted by molar-refractivity contribution is 5.43. The zero-order valence-corrected chi connectivity index (χ0v) is 4.88. The second-order valence-electron chi connectivity index (χ2n) is 1.63. The summed E-state index contributed by atoms with van der Waals surface area (Å²) in [6.07, 6.45) is 0. The Kier molecular flexibility index (Phi) is 1.12. The minimum atomic E-state index is 0.188. The fraction of sp³-hybridized carbons (Fsp3) is 0.200. The van der Waals surface area contributed by atoms with Gasteiger partial charge in [-0.15, -0.1) is 0 Å². The lowest BCUT2D eigenvalue weighted by atomic mass is 10.3. The molecular weight excluding hydrogens is 118 g/mol. The van der Waals surface area contributed by atoms with E-state index >= 15 is 0 Å². The zero-order chi connectivity index (χ0) is 6.85. The second-order valence-corrected chi connectivity index (χ2v) is 1.63. The largest absolute Gasteiger partial charge is 0.381 e. The Bertz CT molecular complexity index is 258. The lowest BCUT2D eigenvalue weighted by Gasteiger charge is -1.78. The van der Waals surface area contributed by atoms with Gasteiger partial charge in [-0.05, 0) is 6.92 Å². The van der Waals surface area contributed by atoms with Gasteiger partial charge in [0.25, 0.3) is 0 Å². The van der Waals surface area contributed by atoms with Gasteiger partial charge in [-0.25, -0.2) is 0 Å². The van der Waals surface area contributed by atoms with Crippen LogP contribution in [0.3, 0.4) is 0 Å². The summed E-state index contributed by atoms with van der Waals surface area (Å²) in [5.41, 5.74) is 5.87. The summed E-state index contributed by atoms with van der Waals surface area (Å²) in [6.45, 7) is 1.68. The third kappa shape index (κ3) is 0.722. The fourth-order valence-electron chi connectivity index (χ4n) is 0.452. The number of rotatable bonds is 0. The predicted octanol–water partition coefficient (Wildman–Crippen LogP) is 0.437. The van der Waals surface area contributed by atoms with Crippen molar-refractivity contribution >= 4 is 5.82 Å². The third-order valence-electron chi connectivity index (χ3n) is 1.06. The Morgan fingerprint density at radius 2 is 2.44 bits per heavy atom. The lowest BCUT2D eigenvalue weighted by molar-refractivity contribution is 0.412. The maximum absolute atomic E-state index is 8.29. The first-order valence-electron chi connectivity index (χ1n) is 2.37. The standard InChI is InChI=1S/C5H5N3O/c1-3-4(2-6)9-8-5(3)7/h1H3,(H2,7,8). The van der Waals surface area contributed by atoms with Crippen molar-refractivity contribution in [3.63, 3.8) is 0 Å². The Morgan fingerprint density at radius 3 is 2.67 bits per heavy atom. The van der Waals surface area contributed by atoms with E-state index in [2.05, 4.69) is 9.68 Å². The van der Waals surface area contributed by atoms with Gasteiger partial charge in [0.1, 0.15) is 6.07 Å². The normalized spacial score (nSPS) is 8.89. The van der Waals surface area contributed by atoms with Crippen LogP contribution in [-0.4, -0.2) is 5.16 Å². The molecule has 9 heavy (non-hydrogen) atoms. The van der Waals surface area contributed by atoms with Crippen molar-refractivity contribution in [1.82, 2.24) is 5.16 Å². The van der Waals surface area contributed by atoms with Gasteiger partial charge in [-0.3, -0.25) is 0 Å². The van der Waals surface area contributed by atoms with Crippen LogP contribution >= 0.6 is 0 Å². The summed E-state index contributed by atoms with van der Waals surface area (Å²) in [6, 6.07) is 1.81. The first-order chi connectivity index (χ1) is 4.25. The van der Waals surface area contributed by atoms with Gasteiger partial charge in [-0.2, -0.15) is 5.26 Å². The number of nitriles is 1. The number of nitrogen functional groups attached to an aromatic ring is 1.